The molecule has 3 aromatic heterocycles. The number of pyridine rings is 1. The summed E-state index contributed by atoms with van der Waals surface area (Å²) in [7, 11) is 0. The standard InChI is InChI=1S/C15H12N4/c1-11-10-19(15-17-8-9-18(11)15)14-13-5-3-2-4-12(13)6-7-16-14/h2-10H,1H3. The van der Waals surface area contributed by atoms with Crippen LogP contribution in [0.15, 0.2) is 55.1 Å². The van der Waals surface area contributed by atoms with Crippen molar-refractivity contribution < 1.29 is 0 Å². The second-order valence-electron chi connectivity index (χ2n) is 4.59. The van der Waals surface area contributed by atoms with Gasteiger partial charge in [-0.1, -0.05) is 24.3 Å². The largest absolute Gasteiger partial charge is 0.288 e. The van der Waals surface area contributed by atoms with Gasteiger partial charge >= 0.3 is 0 Å². The average Bonchev–Trinajstić information content (AvgIpc) is 3.03. The van der Waals surface area contributed by atoms with Gasteiger partial charge in [-0.25, -0.2) is 9.97 Å². The van der Waals surface area contributed by atoms with Crippen LogP contribution >= 0.6 is 0 Å². The van der Waals surface area contributed by atoms with Crippen molar-refractivity contribution in [3.05, 3.63) is 60.8 Å². The second-order valence-corrected chi connectivity index (χ2v) is 4.59. The lowest BCUT2D eigenvalue weighted by Crippen LogP contribution is -1.97. The summed E-state index contributed by atoms with van der Waals surface area (Å²) in [6, 6.07) is 10.3. The van der Waals surface area contributed by atoms with Crippen LogP contribution in [0.3, 0.4) is 0 Å². The lowest BCUT2D eigenvalue weighted by atomic mass is 10.1. The minimum absolute atomic E-state index is 0.890. The van der Waals surface area contributed by atoms with Crippen LogP contribution in [0.5, 0.6) is 0 Å². The van der Waals surface area contributed by atoms with Crippen LogP contribution in [-0.4, -0.2) is 18.9 Å². The van der Waals surface area contributed by atoms with E-state index < -0.39 is 0 Å². The molecule has 0 atom stereocenters. The maximum absolute atomic E-state index is 4.53. The van der Waals surface area contributed by atoms with E-state index in [0.717, 1.165) is 22.7 Å². The molecule has 0 bridgehead atoms. The Morgan fingerprint density at radius 2 is 1.89 bits per heavy atom. The third-order valence-corrected chi connectivity index (χ3v) is 3.41. The zero-order chi connectivity index (χ0) is 12.8. The molecule has 1 aromatic carbocycles. The molecule has 0 spiro atoms. The van der Waals surface area contributed by atoms with Crippen molar-refractivity contribution in [2.45, 2.75) is 6.92 Å². The van der Waals surface area contributed by atoms with Gasteiger partial charge < -0.3 is 0 Å². The summed E-state index contributed by atoms with van der Waals surface area (Å²) >= 11 is 0. The van der Waals surface area contributed by atoms with Gasteiger partial charge in [0, 0.05) is 35.9 Å². The van der Waals surface area contributed by atoms with Gasteiger partial charge in [-0.3, -0.25) is 8.97 Å². The molecule has 4 rings (SSSR count). The number of benzene rings is 1. The molecule has 0 unspecified atom stereocenters. The van der Waals surface area contributed by atoms with Crippen LogP contribution in [0, 0.1) is 6.92 Å². The second kappa shape index (κ2) is 3.68. The molecule has 0 radical (unpaired) electrons. The van der Waals surface area contributed by atoms with Gasteiger partial charge in [-0.05, 0) is 18.4 Å². The summed E-state index contributed by atoms with van der Waals surface area (Å²) < 4.78 is 4.10. The molecular formula is C15H12N4. The van der Waals surface area contributed by atoms with Gasteiger partial charge in [0.1, 0.15) is 5.82 Å². The smallest absolute Gasteiger partial charge is 0.219 e. The Balaban J connectivity index is 2.12. The molecule has 0 N–H and O–H groups in total. The topological polar surface area (TPSA) is 35.1 Å². The fourth-order valence-electron chi connectivity index (χ4n) is 2.51. The molecule has 19 heavy (non-hydrogen) atoms. The predicted octanol–water partition coefficient (Wildman–Crippen LogP) is 2.98. The van der Waals surface area contributed by atoms with Gasteiger partial charge in [-0.15, -0.1) is 0 Å². The van der Waals surface area contributed by atoms with Gasteiger partial charge in [0.25, 0.3) is 0 Å². The minimum atomic E-state index is 0.890. The molecule has 0 saturated heterocycles. The Kier molecular flexibility index (Phi) is 2.00. The van der Waals surface area contributed by atoms with Crippen molar-refractivity contribution in [3.63, 3.8) is 0 Å². The van der Waals surface area contributed by atoms with Gasteiger partial charge in [0.05, 0.1) is 0 Å². The normalized spacial score (nSPS) is 11.4. The van der Waals surface area contributed by atoms with Gasteiger partial charge in [-0.2, -0.15) is 0 Å². The van der Waals surface area contributed by atoms with E-state index >= 15 is 0 Å². The van der Waals surface area contributed by atoms with Crippen molar-refractivity contribution >= 4 is 16.6 Å². The lowest BCUT2D eigenvalue weighted by Gasteiger charge is -2.06. The van der Waals surface area contributed by atoms with Crippen molar-refractivity contribution in [1.29, 1.82) is 0 Å². The first-order valence-electron chi connectivity index (χ1n) is 6.20. The predicted molar refractivity (Wildman–Crippen MR) is 74.6 cm³/mol. The van der Waals surface area contributed by atoms with Crippen molar-refractivity contribution in [3.8, 4) is 5.82 Å². The SMILES string of the molecule is Cc1cn(-c2nccc3ccccc23)c2nccn12. The molecule has 0 aliphatic rings. The third kappa shape index (κ3) is 1.40. The Labute approximate surface area is 110 Å². The van der Waals surface area contributed by atoms with Crippen molar-refractivity contribution in [2.24, 2.45) is 0 Å². The first kappa shape index (κ1) is 10.3. The first-order valence-corrected chi connectivity index (χ1v) is 6.20. The molecule has 3 heterocycles. The van der Waals surface area contributed by atoms with Crippen LogP contribution in [-0.2, 0) is 0 Å². The van der Waals surface area contributed by atoms with E-state index in [1.807, 2.05) is 41.4 Å². The molecule has 0 fully saturated rings. The van der Waals surface area contributed by atoms with E-state index in [4.69, 9.17) is 0 Å². The zero-order valence-electron chi connectivity index (χ0n) is 10.5. The Morgan fingerprint density at radius 1 is 1.00 bits per heavy atom. The minimum Gasteiger partial charge on any atom is -0.288 e. The highest BCUT2D eigenvalue weighted by Gasteiger charge is 2.10. The number of hydrogen-bond donors (Lipinski definition) is 0. The Hall–Kier alpha value is -2.62. The molecule has 0 saturated carbocycles. The number of rotatable bonds is 1. The van der Waals surface area contributed by atoms with E-state index in [9.17, 15) is 0 Å². The third-order valence-electron chi connectivity index (χ3n) is 3.41. The highest BCUT2D eigenvalue weighted by atomic mass is 15.2. The van der Waals surface area contributed by atoms with Gasteiger partial charge in [0.2, 0.25) is 5.78 Å². The molecule has 0 amide bonds. The molecule has 0 aliphatic carbocycles. The highest BCUT2D eigenvalue weighted by Crippen LogP contribution is 2.22. The quantitative estimate of drug-likeness (QED) is 0.519. The van der Waals surface area contributed by atoms with Crippen molar-refractivity contribution in [1.82, 2.24) is 18.9 Å². The number of nitrogens with zero attached hydrogens (tertiary/aromatic N) is 4. The molecule has 4 aromatic rings. The summed E-state index contributed by atoms with van der Waals surface area (Å²) in [5.41, 5.74) is 1.14. The first-order chi connectivity index (χ1) is 9.34. The van der Waals surface area contributed by atoms with E-state index in [-0.39, 0.29) is 0 Å². The number of aryl methyl sites for hydroxylation is 1. The molecule has 92 valence electrons. The monoisotopic (exact) mass is 248 g/mol. The molecule has 4 nitrogen and oxygen atoms in total. The average molecular weight is 248 g/mol. The van der Waals surface area contributed by atoms with E-state index in [1.165, 1.54) is 5.39 Å². The number of hydrogen-bond acceptors (Lipinski definition) is 2. The maximum Gasteiger partial charge on any atom is 0.219 e. The summed E-state index contributed by atoms with van der Waals surface area (Å²) in [6.07, 6.45) is 7.68. The Morgan fingerprint density at radius 3 is 2.84 bits per heavy atom. The maximum atomic E-state index is 4.53. The fraction of sp³-hybridized carbons (Fsp3) is 0.0667. The van der Waals surface area contributed by atoms with Crippen molar-refractivity contribution in [2.75, 3.05) is 0 Å². The fourth-order valence-corrected chi connectivity index (χ4v) is 2.51. The van der Waals surface area contributed by atoms with E-state index in [1.54, 1.807) is 0 Å². The molecule has 4 heteroatoms. The summed E-state index contributed by atoms with van der Waals surface area (Å²) in [6.45, 7) is 2.07. The summed E-state index contributed by atoms with van der Waals surface area (Å²) in [4.78, 5) is 8.94. The van der Waals surface area contributed by atoms with Gasteiger partial charge in [0.15, 0.2) is 0 Å². The van der Waals surface area contributed by atoms with Crippen LogP contribution in [0.25, 0.3) is 22.4 Å². The van der Waals surface area contributed by atoms with E-state index in [2.05, 4.69) is 39.6 Å². The summed E-state index contributed by atoms with van der Waals surface area (Å²) in [5, 5.41) is 2.31. The Bertz CT molecular complexity index is 880. The zero-order valence-corrected chi connectivity index (χ0v) is 10.5. The van der Waals surface area contributed by atoms with Crippen LogP contribution in [0.4, 0.5) is 0 Å². The number of imidazole rings is 2. The summed E-state index contributed by atoms with van der Waals surface area (Å²) in [5.74, 6) is 1.81. The molecule has 0 aliphatic heterocycles. The number of aromatic nitrogens is 4. The van der Waals surface area contributed by atoms with Crippen LogP contribution in [0.2, 0.25) is 0 Å². The van der Waals surface area contributed by atoms with Crippen LogP contribution < -0.4 is 0 Å². The molecular weight excluding hydrogens is 236 g/mol. The van der Waals surface area contributed by atoms with E-state index in [0.29, 0.717) is 0 Å². The number of fused-ring (bicyclic) bond motifs is 2. The lowest BCUT2D eigenvalue weighted by molar-refractivity contribution is 1.03. The highest BCUT2D eigenvalue weighted by molar-refractivity contribution is 5.88. The van der Waals surface area contributed by atoms with Crippen LogP contribution in [0.1, 0.15) is 5.69 Å².